The highest BCUT2D eigenvalue weighted by molar-refractivity contribution is 8.70. The minimum atomic E-state index is -1.05. The van der Waals surface area contributed by atoms with Crippen LogP contribution in [0.3, 0.4) is 0 Å². The van der Waals surface area contributed by atoms with Crippen LogP contribution in [0.15, 0.2) is 0 Å². The number of hydrogen-bond acceptors (Lipinski definition) is 6. The number of carboxylic acids is 2. The first kappa shape index (κ1) is 24.0. The van der Waals surface area contributed by atoms with Crippen molar-refractivity contribution < 1.29 is 28.2 Å². The van der Waals surface area contributed by atoms with Crippen molar-refractivity contribution in [3.05, 3.63) is 0 Å². The molecule has 10 heteroatoms. The van der Waals surface area contributed by atoms with Crippen LogP contribution in [0.25, 0.3) is 0 Å². The highest BCUT2D eigenvalue weighted by Crippen LogP contribution is 2.32. The lowest BCUT2D eigenvalue weighted by atomic mass is 10.1. The minimum absolute atomic E-state index is 0.00193. The summed E-state index contributed by atoms with van der Waals surface area (Å²) in [7, 11) is 0.873. The molecule has 0 spiro atoms. The molecule has 0 amide bonds. The molecule has 0 bridgehead atoms. The Hall–Kier alpha value is -0.0600. The fourth-order valence-corrected chi connectivity index (χ4v) is 9.60. The van der Waals surface area contributed by atoms with Gasteiger partial charge in [0.25, 0.3) is 0 Å². The average Bonchev–Trinajstić information content (AvgIpc) is 2.57. The predicted molar refractivity (Wildman–Crippen MR) is 110 cm³/mol. The van der Waals surface area contributed by atoms with Gasteiger partial charge in [0.2, 0.25) is 0 Å². The second-order valence-electron chi connectivity index (χ2n) is 6.29. The number of aliphatic carboxylic acids is 2. The van der Waals surface area contributed by atoms with E-state index in [1.807, 2.05) is 0 Å². The number of rotatable bonds is 10. The molecule has 0 aliphatic carbocycles. The number of carboxylic acid groups (broad SMARTS) is 2. The van der Waals surface area contributed by atoms with Crippen LogP contribution in [0.4, 0.5) is 0 Å². The number of unbranched alkanes of at least 4 members (excludes halogenated alkanes) is 2. The van der Waals surface area contributed by atoms with Crippen molar-refractivity contribution in [2.24, 2.45) is 0 Å². The molecule has 1 aliphatic rings. The third kappa shape index (κ3) is 11.6. The predicted octanol–water partition coefficient (Wildman–Crippen LogP) is 3.60. The number of carbonyl (C=O) groups is 2. The molecule has 152 valence electrons. The molecule has 2 N–H and O–H groups in total. The summed E-state index contributed by atoms with van der Waals surface area (Å²) in [5, 5.41) is 17.6. The lowest BCUT2D eigenvalue weighted by Crippen LogP contribution is -2.19. The smallest absolute Gasteiger partial charge is 0.303 e. The monoisotopic (exact) mass is 444 g/mol. The third-order valence-electron chi connectivity index (χ3n) is 4.10. The Morgan fingerprint density at radius 3 is 2.15 bits per heavy atom. The summed E-state index contributed by atoms with van der Waals surface area (Å²) >= 11 is 0. The largest absolute Gasteiger partial charge is 0.481 e. The van der Waals surface area contributed by atoms with E-state index in [-0.39, 0.29) is 23.3 Å². The van der Waals surface area contributed by atoms with Gasteiger partial charge in [0, 0.05) is 34.8 Å². The molecule has 1 saturated heterocycles. The maximum atomic E-state index is 12.8. The van der Waals surface area contributed by atoms with E-state index in [9.17, 15) is 18.0 Å². The zero-order valence-corrected chi connectivity index (χ0v) is 18.1. The maximum absolute atomic E-state index is 12.8. The van der Waals surface area contributed by atoms with Gasteiger partial charge >= 0.3 is 11.9 Å². The van der Waals surface area contributed by atoms with Gasteiger partial charge in [-0.1, -0.05) is 34.4 Å². The molecule has 1 fully saturated rings. The van der Waals surface area contributed by atoms with Gasteiger partial charge in [-0.05, 0) is 38.5 Å². The fraction of sp³-hybridized carbons (Fsp3) is 0.875. The van der Waals surface area contributed by atoms with Crippen LogP contribution >= 0.6 is 21.6 Å². The van der Waals surface area contributed by atoms with Crippen molar-refractivity contribution in [3.8, 4) is 0 Å². The molecular formula is C16H28O6S4. The Bertz CT molecular complexity index is 499. The molecular weight excluding hydrogens is 416 g/mol. The van der Waals surface area contributed by atoms with Crippen molar-refractivity contribution in [3.63, 3.8) is 0 Å². The van der Waals surface area contributed by atoms with Gasteiger partial charge in [-0.25, -0.2) is 8.42 Å². The van der Waals surface area contributed by atoms with E-state index in [0.29, 0.717) is 24.3 Å². The van der Waals surface area contributed by atoms with Crippen LogP contribution in [0.5, 0.6) is 0 Å². The Labute approximate surface area is 167 Å². The third-order valence-corrected chi connectivity index (χ3v) is 11.3. The topological polar surface area (TPSA) is 109 Å². The lowest BCUT2D eigenvalue weighted by molar-refractivity contribution is -0.138. The van der Waals surface area contributed by atoms with Crippen molar-refractivity contribution in [2.45, 2.75) is 74.7 Å². The molecule has 1 rings (SSSR count). The van der Waals surface area contributed by atoms with Crippen LogP contribution in [0.1, 0.15) is 64.2 Å². The second-order valence-corrected chi connectivity index (χ2v) is 13.4. The molecule has 6 nitrogen and oxygen atoms in total. The molecule has 0 aromatic heterocycles. The van der Waals surface area contributed by atoms with Gasteiger partial charge in [-0.3, -0.25) is 9.59 Å². The molecule has 4 atom stereocenters. The highest BCUT2D eigenvalue weighted by Gasteiger charge is 2.24. The van der Waals surface area contributed by atoms with Gasteiger partial charge in [0.15, 0.2) is 0 Å². The molecule has 0 radical (unpaired) electrons. The molecule has 1 aliphatic heterocycles. The zero-order chi connectivity index (χ0) is 19.4. The van der Waals surface area contributed by atoms with E-state index in [0.717, 1.165) is 38.5 Å². The van der Waals surface area contributed by atoms with Crippen LogP contribution in [0, 0.1) is 0 Å². The summed E-state index contributed by atoms with van der Waals surface area (Å²) in [6.45, 7) is 0. The highest BCUT2D eigenvalue weighted by atomic mass is 33.1. The van der Waals surface area contributed by atoms with E-state index < -0.39 is 31.6 Å². The molecule has 26 heavy (non-hydrogen) atoms. The van der Waals surface area contributed by atoms with Gasteiger partial charge in [0.05, 0.1) is 19.7 Å². The van der Waals surface area contributed by atoms with Gasteiger partial charge in [0.1, 0.15) is 0 Å². The Morgan fingerprint density at radius 2 is 1.54 bits per heavy atom. The van der Waals surface area contributed by atoms with Crippen molar-refractivity contribution >= 4 is 53.2 Å². The molecule has 0 aromatic carbocycles. The van der Waals surface area contributed by atoms with Crippen molar-refractivity contribution in [1.82, 2.24) is 0 Å². The average molecular weight is 445 g/mol. The van der Waals surface area contributed by atoms with Crippen LogP contribution in [-0.2, 0) is 29.3 Å². The van der Waals surface area contributed by atoms with Crippen LogP contribution in [-0.4, -0.2) is 52.6 Å². The molecule has 0 saturated carbocycles. The standard InChI is InChI=1S/C16H28O6S4/c17-15(18)7-3-1-5-13-10-12-25(21)23-11-9-14(26(22)24-13)6-2-4-8-16(19)20/h13-14H,1-12H2,(H,17,18)(H,19,20). The minimum Gasteiger partial charge on any atom is -0.481 e. The number of hydrogen-bond donors (Lipinski definition) is 2. The van der Waals surface area contributed by atoms with E-state index in [2.05, 4.69) is 0 Å². The summed E-state index contributed by atoms with van der Waals surface area (Å²) in [5.41, 5.74) is 0. The fourth-order valence-electron chi connectivity index (χ4n) is 2.65. The SMILES string of the molecule is O=C(O)CCCCC1CCS(=O)SCCC(CCCCC(=O)O)S(=O)S1. The first-order valence-electron chi connectivity index (χ1n) is 8.91. The summed E-state index contributed by atoms with van der Waals surface area (Å²) in [6.07, 6.45) is 5.96. The second kappa shape index (κ2) is 14.0. The molecule has 1 heterocycles. The van der Waals surface area contributed by atoms with E-state index in [1.165, 1.54) is 21.6 Å². The lowest BCUT2D eigenvalue weighted by Gasteiger charge is -2.22. The van der Waals surface area contributed by atoms with Crippen LogP contribution in [0.2, 0.25) is 0 Å². The molecule has 4 unspecified atom stereocenters. The van der Waals surface area contributed by atoms with Gasteiger partial charge in [-0.2, -0.15) is 0 Å². The molecule has 0 aromatic rings. The summed E-state index contributed by atoms with van der Waals surface area (Å²) in [5.74, 6) is -0.307. The van der Waals surface area contributed by atoms with Gasteiger partial charge in [-0.15, -0.1) is 0 Å². The Kier molecular flexibility index (Phi) is 12.9. The van der Waals surface area contributed by atoms with Crippen LogP contribution < -0.4 is 0 Å². The van der Waals surface area contributed by atoms with Gasteiger partial charge < -0.3 is 10.2 Å². The van der Waals surface area contributed by atoms with E-state index in [1.54, 1.807) is 0 Å². The summed E-state index contributed by atoms with van der Waals surface area (Å²) in [4.78, 5) is 21.2. The van der Waals surface area contributed by atoms with Crippen molar-refractivity contribution in [2.75, 3.05) is 11.5 Å². The summed E-state index contributed by atoms with van der Waals surface area (Å²) < 4.78 is 24.8. The van der Waals surface area contributed by atoms with Crippen molar-refractivity contribution in [1.29, 1.82) is 0 Å². The first-order chi connectivity index (χ1) is 12.4. The zero-order valence-electron chi connectivity index (χ0n) is 14.8. The first-order valence-corrected chi connectivity index (χ1v) is 14.3. The Balaban J connectivity index is 2.53. The maximum Gasteiger partial charge on any atom is 0.303 e. The normalized spacial score (nSPS) is 27.7. The summed E-state index contributed by atoms with van der Waals surface area (Å²) in [6, 6.07) is 0. The van der Waals surface area contributed by atoms with E-state index >= 15 is 0 Å². The Morgan fingerprint density at radius 1 is 0.923 bits per heavy atom. The quantitative estimate of drug-likeness (QED) is 0.389. The van der Waals surface area contributed by atoms with E-state index in [4.69, 9.17) is 10.2 Å².